The van der Waals surface area contributed by atoms with Crippen molar-refractivity contribution in [2.45, 2.75) is 12.7 Å². The highest BCUT2D eigenvalue weighted by atomic mass is 16.7. The van der Waals surface area contributed by atoms with Crippen LogP contribution < -0.4 is 4.74 Å². The molecule has 0 bridgehead atoms. The lowest BCUT2D eigenvalue weighted by molar-refractivity contribution is -0.242. The summed E-state index contributed by atoms with van der Waals surface area (Å²) in [5.74, 6) is 0.167. The van der Waals surface area contributed by atoms with Crippen molar-refractivity contribution in [3.05, 3.63) is 30.3 Å². The van der Waals surface area contributed by atoms with Gasteiger partial charge in [0.1, 0.15) is 12.4 Å². The van der Waals surface area contributed by atoms with Crippen LogP contribution in [-0.4, -0.2) is 25.6 Å². The van der Waals surface area contributed by atoms with Crippen molar-refractivity contribution in [3.63, 3.8) is 0 Å². The van der Waals surface area contributed by atoms with Gasteiger partial charge in [-0.15, -0.1) is 0 Å². The predicted octanol–water partition coefficient (Wildman–Crippen LogP) is 1.83. The average molecular weight is 194 g/mol. The van der Waals surface area contributed by atoms with E-state index < -0.39 is 5.79 Å². The van der Waals surface area contributed by atoms with E-state index in [-0.39, 0.29) is 0 Å². The number of rotatable bonds is 2. The number of benzene rings is 1. The highest BCUT2D eigenvalue weighted by Crippen LogP contribution is 2.21. The average Bonchev–Trinajstić information content (AvgIpc) is 2.19. The van der Waals surface area contributed by atoms with Crippen LogP contribution in [0.1, 0.15) is 6.92 Å². The van der Waals surface area contributed by atoms with Crippen molar-refractivity contribution in [3.8, 4) is 5.75 Å². The molecule has 1 aliphatic rings. The Balaban J connectivity index is 2.02. The first-order valence-corrected chi connectivity index (χ1v) is 4.74. The standard InChI is InChI=1S/C11H14O3/c1-11(9-12-7-8-13-11)14-10-5-3-2-4-6-10/h2-6H,7-9H2,1H3. The second kappa shape index (κ2) is 3.98. The van der Waals surface area contributed by atoms with Gasteiger partial charge in [0.15, 0.2) is 0 Å². The van der Waals surface area contributed by atoms with Gasteiger partial charge in [-0.1, -0.05) is 18.2 Å². The van der Waals surface area contributed by atoms with E-state index in [0.29, 0.717) is 19.8 Å². The van der Waals surface area contributed by atoms with Gasteiger partial charge in [-0.25, -0.2) is 0 Å². The van der Waals surface area contributed by atoms with Gasteiger partial charge < -0.3 is 14.2 Å². The second-order valence-electron chi connectivity index (χ2n) is 3.45. The Labute approximate surface area is 83.6 Å². The van der Waals surface area contributed by atoms with Crippen LogP contribution in [0.2, 0.25) is 0 Å². The normalized spacial score (nSPS) is 27.2. The van der Waals surface area contributed by atoms with Crippen molar-refractivity contribution in [1.82, 2.24) is 0 Å². The van der Waals surface area contributed by atoms with Crippen LogP contribution in [0.5, 0.6) is 5.75 Å². The fourth-order valence-corrected chi connectivity index (χ4v) is 1.41. The van der Waals surface area contributed by atoms with E-state index in [1.54, 1.807) is 0 Å². The lowest BCUT2D eigenvalue weighted by Crippen LogP contribution is -2.45. The number of ether oxygens (including phenoxy) is 3. The van der Waals surface area contributed by atoms with Gasteiger partial charge in [-0.3, -0.25) is 0 Å². The van der Waals surface area contributed by atoms with Crippen molar-refractivity contribution in [1.29, 1.82) is 0 Å². The molecule has 0 amide bonds. The molecule has 14 heavy (non-hydrogen) atoms. The summed E-state index contributed by atoms with van der Waals surface area (Å²) < 4.78 is 16.5. The molecule has 3 heteroatoms. The van der Waals surface area contributed by atoms with E-state index >= 15 is 0 Å². The van der Waals surface area contributed by atoms with Crippen LogP contribution in [0.3, 0.4) is 0 Å². The quantitative estimate of drug-likeness (QED) is 0.718. The molecule has 1 atom stereocenters. The predicted molar refractivity (Wildman–Crippen MR) is 52.2 cm³/mol. The first-order valence-electron chi connectivity index (χ1n) is 4.74. The van der Waals surface area contributed by atoms with Crippen molar-refractivity contribution in [2.75, 3.05) is 19.8 Å². The van der Waals surface area contributed by atoms with Gasteiger partial charge in [0.2, 0.25) is 5.79 Å². The molecule has 1 heterocycles. The van der Waals surface area contributed by atoms with E-state index in [9.17, 15) is 0 Å². The van der Waals surface area contributed by atoms with Crippen LogP contribution >= 0.6 is 0 Å². The highest BCUT2D eigenvalue weighted by Gasteiger charge is 2.30. The van der Waals surface area contributed by atoms with Gasteiger partial charge in [-0.2, -0.15) is 0 Å². The molecule has 0 spiro atoms. The maximum Gasteiger partial charge on any atom is 0.231 e. The maximum absolute atomic E-state index is 5.70. The van der Waals surface area contributed by atoms with Crippen LogP contribution in [0, 0.1) is 0 Å². The lowest BCUT2D eigenvalue weighted by Gasteiger charge is -2.33. The molecular formula is C11H14O3. The second-order valence-corrected chi connectivity index (χ2v) is 3.45. The van der Waals surface area contributed by atoms with Crippen molar-refractivity contribution in [2.24, 2.45) is 0 Å². The first kappa shape index (κ1) is 9.49. The molecule has 1 unspecified atom stereocenters. The van der Waals surface area contributed by atoms with E-state index in [1.807, 2.05) is 37.3 Å². The highest BCUT2D eigenvalue weighted by molar-refractivity contribution is 5.21. The van der Waals surface area contributed by atoms with E-state index in [4.69, 9.17) is 14.2 Å². The largest absolute Gasteiger partial charge is 0.460 e. The molecule has 1 aromatic rings. The van der Waals surface area contributed by atoms with Gasteiger partial charge in [0, 0.05) is 6.92 Å². The Morgan fingerprint density at radius 2 is 2.00 bits per heavy atom. The van der Waals surface area contributed by atoms with Gasteiger partial charge >= 0.3 is 0 Å². The van der Waals surface area contributed by atoms with E-state index in [0.717, 1.165) is 5.75 Å². The van der Waals surface area contributed by atoms with Crippen LogP contribution in [0.25, 0.3) is 0 Å². The Morgan fingerprint density at radius 1 is 1.21 bits per heavy atom. The lowest BCUT2D eigenvalue weighted by atomic mass is 10.3. The maximum atomic E-state index is 5.70. The Morgan fingerprint density at radius 3 is 2.64 bits per heavy atom. The SMILES string of the molecule is CC1(Oc2ccccc2)COCCO1. The summed E-state index contributed by atoms with van der Waals surface area (Å²) in [5, 5.41) is 0. The molecule has 1 saturated heterocycles. The molecule has 0 aromatic heterocycles. The summed E-state index contributed by atoms with van der Waals surface area (Å²) in [4.78, 5) is 0. The molecule has 1 fully saturated rings. The zero-order valence-electron chi connectivity index (χ0n) is 8.23. The Kier molecular flexibility index (Phi) is 2.70. The third-order valence-corrected chi connectivity index (χ3v) is 2.08. The molecule has 1 aromatic carbocycles. The summed E-state index contributed by atoms with van der Waals surface area (Å²) in [5.41, 5.74) is 0. The molecule has 0 N–H and O–H groups in total. The molecule has 0 saturated carbocycles. The molecule has 0 radical (unpaired) electrons. The summed E-state index contributed by atoms with van der Waals surface area (Å²) >= 11 is 0. The smallest absolute Gasteiger partial charge is 0.231 e. The monoisotopic (exact) mass is 194 g/mol. The fraction of sp³-hybridized carbons (Fsp3) is 0.455. The summed E-state index contributed by atoms with van der Waals surface area (Å²) in [6.07, 6.45) is 0. The summed E-state index contributed by atoms with van der Waals surface area (Å²) in [6.45, 7) is 3.60. The zero-order valence-corrected chi connectivity index (χ0v) is 8.23. The Hall–Kier alpha value is -1.06. The van der Waals surface area contributed by atoms with Gasteiger partial charge in [0.05, 0.1) is 13.2 Å². The van der Waals surface area contributed by atoms with Gasteiger partial charge in [0.25, 0.3) is 0 Å². The summed E-state index contributed by atoms with van der Waals surface area (Å²) in [6, 6.07) is 9.63. The molecular weight excluding hydrogens is 180 g/mol. The fourth-order valence-electron chi connectivity index (χ4n) is 1.41. The van der Waals surface area contributed by atoms with Gasteiger partial charge in [-0.05, 0) is 12.1 Å². The van der Waals surface area contributed by atoms with Crippen LogP contribution in [-0.2, 0) is 9.47 Å². The molecule has 1 aliphatic heterocycles. The minimum atomic E-state index is -0.639. The number of hydrogen-bond donors (Lipinski definition) is 0. The summed E-state index contributed by atoms with van der Waals surface area (Å²) in [7, 11) is 0. The van der Waals surface area contributed by atoms with E-state index in [1.165, 1.54) is 0 Å². The molecule has 0 aliphatic carbocycles. The zero-order chi connectivity index (χ0) is 9.86. The van der Waals surface area contributed by atoms with Crippen molar-refractivity contribution < 1.29 is 14.2 Å². The minimum Gasteiger partial charge on any atom is -0.460 e. The third kappa shape index (κ3) is 2.25. The molecule has 3 nitrogen and oxygen atoms in total. The van der Waals surface area contributed by atoms with Crippen LogP contribution in [0.15, 0.2) is 30.3 Å². The van der Waals surface area contributed by atoms with Crippen molar-refractivity contribution >= 4 is 0 Å². The first-order chi connectivity index (χ1) is 6.79. The Bertz CT molecular complexity index is 278. The topological polar surface area (TPSA) is 27.7 Å². The third-order valence-electron chi connectivity index (χ3n) is 2.08. The molecule has 76 valence electrons. The van der Waals surface area contributed by atoms with Crippen LogP contribution in [0.4, 0.5) is 0 Å². The minimum absolute atomic E-state index is 0.474. The number of hydrogen-bond acceptors (Lipinski definition) is 3. The number of para-hydroxylation sites is 1. The molecule has 2 rings (SSSR count). The van der Waals surface area contributed by atoms with E-state index in [2.05, 4.69) is 0 Å².